The van der Waals surface area contributed by atoms with Crippen molar-refractivity contribution in [3.63, 3.8) is 0 Å². The van der Waals surface area contributed by atoms with Crippen molar-refractivity contribution in [2.24, 2.45) is 5.92 Å². The van der Waals surface area contributed by atoms with Gasteiger partial charge in [-0.05, 0) is 12.8 Å². The van der Waals surface area contributed by atoms with E-state index in [0.29, 0.717) is 5.06 Å². The van der Waals surface area contributed by atoms with E-state index in [9.17, 15) is 31.6 Å². The Balaban J connectivity index is 1.60. The summed E-state index contributed by atoms with van der Waals surface area (Å²) in [6, 6.07) is -2.57. The van der Waals surface area contributed by atoms with E-state index >= 15 is 0 Å². The molecule has 0 aromatic heterocycles. The van der Waals surface area contributed by atoms with Gasteiger partial charge in [-0.25, -0.2) is 13.6 Å². The molecule has 0 spiro atoms. The van der Waals surface area contributed by atoms with Crippen LogP contribution in [0.3, 0.4) is 0 Å². The third kappa shape index (κ3) is 3.96. The summed E-state index contributed by atoms with van der Waals surface area (Å²) < 4.78 is 60.5. The summed E-state index contributed by atoms with van der Waals surface area (Å²) in [4.78, 5) is 37.8. The summed E-state index contributed by atoms with van der Waals surface area (Å²) in [6.07, 6.45) is -0.771. The van der Waals surface area contributed by atoms with Gasteiger partial charge in [-0.2, -0.15) is 13.5 Å². The normalized spacial score (nSPS) is 27.3. The van der Waals surface area contributed by atoms with Gasteiger partial charge in [-0.1, -0.05) is 0 Å². The van der Waals surface area contributed by atoms with E-state index in [1.165, 1.54) is 7.05 Å². The third-order valence-corrected chi connectivity index (χ3v) is 5.20. The molecule has 3 rings (SSSR count). The molecule has 0 aromatic carbocycles. The lowest BCUT2D eigenvalue weighted by Crippen LogP contribution is -2.56. The van der Waals surface area contributed by atoms with Crippen LogP contribution in [-0.2, 0) is 24.3 Å². The van der Waals surface area contributed by atoms with Crippen LogP contribution in [0.1, 0.15) is 25.7 Å². The molecule has 2 heterocycles. The number of urea groups is 1. The van der Waals surface area contributed by atoms with Crippen molar-refractivity contribution >= 4 is 28.2 Å². The molecule has 0 unspecified atom stereocenters. The van der Waals surface area contributed by atoms with Crippen LogP contribution in [-0.4, -0.2) is 77.4 Å². The van der Waals surface area contributed by atoms with Crippen molar-refractivity contribution in [1.82, 2.24) is 20.4 Å². The van der Waals surface area contributed by atoms with Gasteiger partial charge >= 0.3 is 16.4 Å². The highest BCUT2D eigenvalue weighted by Gasteiger charge is 2.51. The van der Waals surface area contributed by atoms with E-state index in [1.807, 2.05) is 0 Å². The average Bonchev–Trinajstić information content (AvgIpc) is 2.75. The minimum Gasteiger partial charge on any atom is -0.309 e. The number of rotatable bonds is 4. The number of hydrogen-bond acceptors (Lipinski definition) is 6. The maximum absolute atomic E-state index is 12.9. The smallest absolute Gasteiger partial charge is 0.309 e. The largest absolute Gasteiger partial charge is 0.418 e. The van der Waals surface area contributed by atoms with E-state index in [2.05, 4.69) is 9.71 Å². The van der Waals surface area contributed by atoms with Crippen molar-refractivity contribution in [1.29, 1.82) is 0 Å². The molecule has 3 aliphatic rings. The fourth-order valence-corrected chi connectivity index (χ4v) is 3.90. The van der Waals surface area contributed by atoms with Gasteiger partial charge in [0, 0.05) is 26.4 Å². The summed E-state index contributed by atoms with van der Waals surface area (Å²) >= 11 is 0. The fraction of sp³-hybridized carbons (Fsp3) is 0.769. The Morgan fingerprint density at radius 1 is 1.33 bits per heavy atom. The molecule has 11 nitrogen and oxygen atoms in total. The zero-order valence-corrected chi connectivity index (χ0v) is 15.0. The minimum absolute atomic E-state index is 0.00104. The summed E-state index contributed by atoms with van der Waals surface area (Å²) in [6.45, 7) is -0.00104. The topological polar surface area (TPSA) is 137 Å². The Morgan fingerprint density at radius 2 is 1.96 bits per heavy atom. The molecule has 1 aliphatic carbocycles. The maximum Gasteiger partial charge on any atom is 0.418 e. The molecular formula is C13H18F2N4O7S. The van der Waals surface area contributed by atoms with Crippen LogP contribution >= 0.6 is 0 Å². The zero-order valence-electron chi connectivity index (χ0n) is 14.2. The van der Waals surface area contributed by atoms with E-state index in [0.717, 1.165) is 9.91 Å². The van der Waals surface area contributed by atoms with E-state index in [4.69, 9.17) is 4.55 Å². The van der Waals surface area contributed by atoms with Gasteiger partial charge in [0.1, 0.15) is 6.04 Å². The average molecular weight is 412 g/mol. The van der Waals surface area contributed by atoms with Crippen molar-refractivity contribution in [2.75, 3.05) is 13.6 Å². The van der Waals surface area contributed by atoms with Crippen LogP contribution in [0.25, 0.3) is 0 Å². The van der Waals surface area contributed by atoms with Crippen molar-refractivity contribution in [3.8, 4) is 0 Å². The Kier molecular flexibility index (Phi) is 4.76. The van der Waals surface area contributed by atoms with E-state index in [-0.39, 0.29) is 19.4 Å². The van der Waals surface area contributed by atoms with Gasteiger partial charge in [0.05, 0.1) is 12.0 Å². The van der Waals surface area contributed by atoms with Crippen molar-refractivity contribution < 1.29 is 40.4 Å². The monoisotopic (exact) mass is 412 g/mol. The Bertz CT molecular complexity index is 769. The van der Waals surface area contributed by atoms with E-state index < -0.39 is 65.0 Å². The standard InChI is InChI=1S/C13H18F2N4O7S/c1-17(11(21)7-4-13(14,15)5-7)16-10(20)9-3-2-8-6-18(9)12(22)19(8)26-27(23,24)25/h7-9H,2-6H2,1H3,(H,16,20)(H,23,24,25)/t8-,9+/m1/s1. The first-order valence-corrected chi connectivity index (χ1v) is 9.47. The first-order valence-electron chi connectivity index (χ1n) is 8.11. The van der Waals surface area contributed by atoms with Crippen molar-refractivity contribution in [2.45, 2.75) is 43.7 Å². The lowest BCUT2D eigenvalue weighted by Gasteiger charge is -2.37. The summed E-state index contributed by atoms with van der Waals surface area (Å²) in [5.41, 5.74) is 2.27. The number of piperidine rings is 1. The van der Waals surface area contributed by atoms with Gasteiger partial charge in [0.25, 0.3) is 5.91 Å². The number of hydroxylamine groups is 2. The highest BCUT2D eigenvalue weighted by atomic mass is 32.3. The quantitative estimate of drug-likeness (QED) is 0.470. The molecule has 0 aromatic rings. The molecule has 14 heteroatoms. The summed E-state index contributed by atoms with van der Waals surface area (Å²) in [7, 11) is -3.67. The second-order valence-electron chi connectivity index (χ2n) is 6.84. The predicted octanol–water partition coefficient (Wildman–Crippen LogP) is -0.476. The molecule has 2 bridgehead atoms. The van der Waals surface area contributed by atoms with Crippen molar-refractivity contribution in [3.05, 3.63) is 0 Å². The second-order valence-corrected chi connectivity index (χ2v) is 7.85. The number of fused-ring (bicyclic) bond motifs is 2. The van der Waals surface area contributed by atoms with Crippen LogP contribution < -0.4 is 5.43 Å². The molecule has 2 atom stereocenters. The van der Waals surface area contributed by atoms with Crippen LogP contribution in [0.5, 0.6) is 0 Å². The molecule has 3 fully saturated rings. The summed E-state index contributed by atoms with van der Waals surface area (Å²) in [5, 5.41) is 1.31. The van der Waals surface area contributed by atoms with Crippen LogP contribution in [0.2, 0.25) is 0 Å². The highest BCUT2D eigenvalue weighted by Crippen LogP contribution is 2.43. The molecule has 2 N–H and O–H groups in total. The molecular weight excluding hydrogens is 394 g/mol. The number of hydrazine groups is 1. The van der Waals surface area contributed by atoms with Crippen LogP contribution in [0, 0.1) is 5.92 Å². The molecule has 0 radical (unpaired) electrons. The van der Waals surface area contributed by atoms with Gasteiger partial charge in [-0.3, -0.25) is 24.6 Å². The Labute approximate surface area is 153 Å². The first-order chi connectivity index (χ1) is 12.4. The Morgan fingerprint density at radius 3 is 2.52 bits per heavy atom. The van der Waals surface area contributed by atoms with Crippen LogP contribution in [0.15, 0.2) is 0 Å². The highest BCUT2D eigenvalue weighted by molar-refractivity contribution is 7.80. The number of nitrogens with zero attached hydrogens (tertiary/aromatic N) is 3. The molecule has 152 valence electrons. The van der Waals surface area contributed by atoms with E-state index in [1.54, 1.807) is 0 Å². The van der Waals surface area contributed by atoms with Gasteiger partial charge in [0.15, 0.2) is 0 Å². The number of halogens is 2. The molecule has 27 heavy (non-hydrogen) atoms. The molecule has 4 amide bonds. The third-order valence-electron chi connectivity index (χ3n) is 4.85. The minimum atomic E-state index is -4.90. The molecule has 2 saturated heterocycles. The zero-order chi connectivity index (χ0) is 20.1. The molecule has 1 saturated carbocycles. The number of carbonyl (C=O) groups excluding carboxylic acids is 3. The number of hydrogen-bond donors (Lipinski definition) is 2. The first kappa shape index (κ1) is 19.7. The van der Waals surface area contributed by atoms with Crippen LogP contribution in [0.4, 0.5) is 13.6 Å². The number of carbonyl (C=O) groups is 3. The predicted molar refractivity (Wildman–Crippen MR) is 82.0 cm³/mol. The second kappa shape index (κ2) is 6.53. The van der Waals surface area contributed by atoms with Gasteiger partial charge in [-0.15, -0.1) is 4.28 Å². The number of alkyl halides is 2. The van der Waals surface area contributed by atoms with Gasteiger partial charge in [0.2, 0.25) is 11.8 Å². The summed E-state index contributed by atoms with van der Waals surface area (Å²) in [5.74, 6) is -5.13. The lowest BCUT2D eigenvalue weighted by atomic mass is 9.80. The molecule has 2 aliphatic heterocycles. The number of amides is 4. The van der Waals surface area contributed by atoms with Gasteiger partial charge < -0.3 is 4.90 Å². The maximum atomic E-state index is 12.9. The fourth-order valence-electron chi connectivity index (χ4n) is 3.51. The SMILES string of the molecule is CN(NC(=O)[C@@H]1CC[C@@H]2CN1C(=O)N2OS(=O)(=O)O)C(=O)C1CC(F)(F)C1. The number of nitrogens with one attached hydrogen (secondary N) is 1. The Hall–Kier alpha value is -2.06. The lowest BCUT2D eigenvalue weighted by molar-refractivity contribution is -0.163.